The Hall–Kier alpha value is -0.643. The normalized spacial score (nSPS) is 14.2. The third-order valence-corrected chi connectivity index (χ3v) is 6.19. The molecule has 0 amide bonds. The molecule has 0 saturated carbocycles. The van der Waals surface area contributed by atoms with Crippen molar-refractivity contribution in [3.63, 3.8) is 0 Å². The first kappa shape index (κ1) is 10.4. The molecule has 2 N–H and O–H groups in total. The lowest BCUT2D eigenvalue weighted by Gasteiger charge is -2.27. The summed E-state index contributed by atoms with van der Waals surface area (Å²) in [5.41, 5.74) is -0.574. The van der Waals surface area contributed by atoms with E-state index in [1.807, 2.05) is 30.3 Å². The molecule has 0 heterocycles. The minimum atomic E-state index is -1.88. The van der Waals surface area contributed by atoms with E-state index in [9.17, 15) is 5.11 Å². The Balaban J connectivity index is 2.93. The van der Waals surface area contributed by atoms with E-state index >= 15 is 0 Å². The van der Waals surface area contributed by atoms with E-state index in [2.05, 4.69) is 13.1 Å². The zero-order valence-corrected chi connectivity index (χ0v) is 9.07. The molecule has 0 saturated heterocycles. The van der Waals surface area contributed by atoms with Gasteiger partial charge >= 0.3 is 0 Å². The van der Waals surface area contributed by atoms with Crippen molar-refractivity contribution in [1.82, 2.24) is 0 Å². The summed E-state index contributed by atoms with van der Waals surface area (Å²) in [5, 5.41) is 19.7. The average Bonchev–Trinajstić information content (AvgIpc) is 2.18. The fourth-order valence-electron chi connectivity index (χ4n) is 1.29. The van der Waals surface area contributed by atoms with Gasteiger partial charge in [-0.15, -0.1) is 0 Å². The lowest BCUT2D eigenvalue weighted by Crippen LogP contribution is -2.54. The van der Waals surface area contributed by atoms with Crippen LogP contribution in [0.1, 0.15) is 0 Å². The number of benzene rings is 1. The van der Waals surface area contributed by atoms with E-state index in [0.29, 0.717) is 0 Å². The van der Waals surface area contributed by atoms with E-state index in [1.165, 1.54) is 5.19 Å². The molecule has 0 bridgehead atoms. The second-order valence-corrected chi connectivity index (χ2v) is 8.47. The van der Waals surface area contributed by atoms with Crippen LogP contribution in [0.4, 0.5) is 0 Å². The van der Waals surface area contributed by atoms with Crippen LogP contribution >= 0.6 is 0 Å². The van der Waals surface area contributed by atoms with Gasteiger partial charge in [0.1, 0.15) is 8.07 Å². The van der Waals surface area contributed by atoms with Crippen molar-refractivity contribution in [2.75, 3.05) is 6.61 Å². The van der Waals surface area contributed by atoms with Gasteiger partial charge in [0.2, 0.25) is 0 Å². The van der Waals surface area contributed by atoms with Crippen LogP contribution < -0.4 is 5.19 Å². The van der Waals surface area contributed by atoms with Gasteiger partial charge in [-0.25, -0.2) is 0 Å². The largest absolute Gasteiger partial charge is 0.394 e. The number of aliphatic hydroxyl groups excluding tert-OH is 2. The highest BCUT2D eigenvalue weighted by Crippen LogP contribution is 2.08. The van der Waals surface area contributed by atoms with Crippen molar-refractivity contribution >= 4 is 13.3 Å². The zero-order valence-electron chi connectivity index (χ0n) is 8.07. The van der Waals surface area contributed by atoms with Gasteiger partial charge in [0.05, 0.1) is 12.3 Å². The molecule has 1 rings (SSSR count). The van der Waals surface area contributed by atoms with Gasteiger partial charge < -0.3 is 10.2 Å². The Labute approximate surface area is 79.9 Å². The van der Waals surface area contributed by atoms with Gasteiger partial charge in [-0.3, -0.25) is 0 Å². The third kappa shape index (κ3) is 2.18. The molecule has 3 heteroatoms. The van der Waals surface area contributed by atoms with E-state index in [4.69, 9.17) is 5.11 Å². The van der Waals surface area contributed by atoms with Crippen molar-refractivity contribution in [3.05, 3.63) is 30.3 Å². The molecular weight excluding hydrogens is 180 g/mol. The second kappa shape index (κ2) is 4.04. The van der Waals surface area contributed by atoms with Crippen LogP contribution in [0.5, 0.6) is 0 Å². The Morgan fingerprint density at radius 2 is 1.77 bits per heavy atom. The van der Waals surface area contributed by atoms with Crippen LogP contribution in [0.15, 0.2) is 30.3 Å². The molecule has 72 valence electrons. The summed E-state index contributed by atoms with van der Waals surface area (Å²) in [6.07, 6.45) is 0. The second-order valence-electron chi connectivity index (χ2n) is 3.79. The minimum Gasteiger partial charge on any atom is -0.394 e. The van der Waals surface area contributed by atoms with Gasteiger partial charge in [-0.1, -0.05) is 48.6 Å². The van der Waals surface area contributed by atoms with Crippen molar-refractivity contribution in [2.45, 2.75) is 18.8 Å². The summed E-state index contributed by atoms with van der Waals surface area (Å²) in [7, 11) is -1.88. The third-order valence-electron chi connectivity index (χ3n) is 2.52. The van der Waals surface area contributed by atoms with Crippen molar-refractivity contribution in [1.29, 1.82) is 0 Å². The number of aliphatic hydroxyl groups is 2. The minimum absolute atomic E-state index is 0.145. The van der Waals surface area contributed by atoms with E-state index in [0.717, 1.165) is 0 Å². The summed E-state index contributed by atoms with van der Waals surface area (Å²) < 4.78 is 0. The summed E-state index contributed by atoms with van der Waals surface area (Å²) in [6, 6.07) is 9.93. The Morgan fingerprint density at radius 3 is 2.23 bits per heavy atom. The van der Waals surface area contributed by atoms with Crippen LogP contribution in [-0.2, 0) is 0 Å². The first-order chi connectivity index (χ1) is 6.09. The number of rotatable bonds is 3. The van der Waals surface area contributed by atoms with Gasteiger partial charge in [-0.05, 0) is 0 Å². The molecular formula is C10H16O2Si. The predicted octanol–water partition coefficient (Wildman–Crippen LogP) is 0.494. The molecule has 0 unspecified atom stereocenters. The van der Waals surface area contributed by atoms with Gasteiger partial charge in [0.15, 0.2) is 0 Å². The predicted molar refractivity (Wildman–Crippen MR) is 56.7 cm³/mol. The van der Waals surface area contributed by atoms with E-state index in [1.54, 1.807) is 0 Å². The Kier molecular flexibility index (Phi) is 3.25. The summed E-state index contributed by atoms with van der Waals surface area (Å²) in [5.74, 6) is 0. The fourth-order valence-corrected chi connectivity index (χ4v) is 3.18. The zero-order chi connectivity index (χ0) is 9.90. The monoisotopic (exact) mass is 196 g/mol. The molecule has 0 spiro atoms. The van der Waals surface area contributed by atoms with Crippen molar-refractivity contribution in [3.8, 4) is 0 Å². The SMILES string of the molecule is C[Si](C)(c1ccccc1)[C@H](O)CO. The smallest absolute Gasteiger partial charge is 0.116 e. The van der Waals surface area contributed by atoms with E-state index in [-0.39, 0.29) is 6.61 Å². The van der Waals surface area contributed by atoms with Crippen LogP contribution in [0.3, 0.4) is 0 Å². The maximum atomic E-state index is 9.65. The molecule has 0 fully saturated rings. The molecule has 0 aliphatic heterocycles. The van der Waals surface area contributed by atoms with Crippen LogP contribution in [0, 0.1) is 0 Å². The molecule has 0 aromatic heterocycles. The Bertz CT molecular complexity index is 259. The Morgan fingerprint density at radius 1 is 1.23 bits per heavy atom. The van der Waals surface area contributed by atoms with Gasteiger partial charge in [-0.2, -0.15) is 0 Å². The standard InChI is InChI=1S/C10H16O2Si/c1-13(2,10(12)8-11)9-6-4-3-5-7-9/h3-7,10-12H,8H2,1-2H3/t10-/m0/s1. The van der Waals surface area contributed by atoms with Gasteiger partial charge in [0, 0.05) is 0 Å². The fraction of sp³-hybridized carbons (Fsp3) is 0.400. The van der Waals surface area contributed by atoms with Crippen molar-refractivity contribution < 1.29 is 10.2 Å². The maximum Gasteiger partial charge on any atom is 0.116 e. The average molecular weight is 196 g/mol. The number of hydrogen-bond donors (Lipinski definition) is 2. The molecule has 2 nitrogen and oxygen atoms in total. The highest BCUT2D eigenvalue weighted by Gasteiger charge is 2.31. The summed E-state index contributed by atoms with van der Waals surface area (Å²) in [6.45, 7) is 3.97. The summed E-state index contributed by atoms with van der Waals surface area (Å²) in [4.78, 5) is 0. The van der Waals surface area contributed by atoms with Crippen molar-refractivity contribution in [2.24, 2.45) is 0 Å². The van der Waals surface area contributed by atoms with Crippen LogP contribution in [0.25, 0.3) is 0 Å². The molecule has 1 aromatic carbocycles. The lowest BCUT2D eigenvalue weighted by atomic mass is 10.4. The van der Waals surface area contributed by atoms with Crippen LogP contribution in [0.2, 0.25) is 13.1 Å². The molecule has 0 radical (unpaired) electrons. The highest BCUT2D eigenvalue weighted by atomic mass is 28.3. The first-order valence-corrected chi connectivity index (χ1v) is 7.51. The van der Waals surface area contributed by atoms with E-state index < -0.39 is 13.8 Å². The molecule has 1 atom stereocenters. The van der Waals surface area contributed by atoms with Crippen LogP contribution in [-0.4, -0.2) is 30.6 Å². The highest BCUT2D eigenvalue weighted by molar-refractivity contribution is 6.90. The molecule has 1 aromatic rings. The maximum absolute atomic E-state index is 9.65. The molecule has 13 heavy (non-hydrogen) atoms. The topological polar surface area (TPSA) is 40.5 Å². The number of hydrogen-bond acceptors (Lipinski definition) is 2. The lowest BCUT2D eigenvalue weighted by molar-refractivity contribution is 0.147. The quantitative estimate of drug-likeness (QED) is 0.691. The first-order valence-electron chi connectivity index (χ1n) is 4.43. The summed E-state index contributed by atoms with van der Waals surface area (Å²) >= 11 is 0. The molecule has 0 aliphatic carbocycles. The molecule has 0 aliphatic rings. The van der Waals surface area contributed by atoms with Gasteiger partial charge in [0.25, 0.3) is 0 Å².